The normalized spacial score (nSPS) is 10.6. The summed E-state index contributed by atoms with van der Waals surface area (Å²) in [6, 6.07) is 0. The zero-order valence-electron chi connectivity index (χ0n) is 8.17. The number of aryl methyl sites for hydroxylation is 2. The molecular weight excluding hydrogens is 228 g/mol. The number of halogens is 1. The molecule has 0 aromatic carbocycles. The lowest BCUT2D eigenvalue weighted by Gasteiger charge is -2.00. The van der Waals surface area contributed by atoms with Gasteiger partial charge in [-0.2, -0.15) is 0 Å². The van der Waals surface area contributed by atoms with Gasteiger partial charge in [0.05, 0.1) is 12.0 Å². The van der Waals surface area contributed by atoms with Crippen LogP contribution in [0.5, 0.6) is 0 Å². The number of imidazole rings is 1. The fourth-order valence-corrected chi connectivity index (χ4v) is 1.73. The van der Waals surface area contributed by atoms with Crippen LogP contribution in [-0.4, -0.2) is 14.9 Å². The summed E-state index contributed by atoms with van der Waals surface area (Å²) in [4.78, 5) is 4.19. The monoisotopic (exact) mass is 244 g/mol. The van der Waals surface area contributed by atoms with Crippen LogP contribution in [0.4, 0.5) is 0 Å². The van der Waals surface area contributed by atoms with Crippen LogP contribution in [0.2, 0.25) is 0 Å². The van der Waals surface area contributed by atoms with Crippen molar-refractivity contribution in [1.29, 1.82) is 0 Å². The van der Waals surface area contributed by atoms with Gasteiger partial charge >= 0.3 is 0 Å². The fourth-order valence-electron chi connectivity index (χ4n) is 1.34. The minimum absolute atomic E-state index is 1.11. The SMILES string of the molecule is Cc1cn(CCCCCCBr)cn1. The van der Waals surface area contributed by atoms with Crippen LogP contribution in [0.3, 0.4) is 0 Å². The third-order valence-corrected chi connectivity index (χ3v) is 2.62. The molecule has 1 aromatic rings. The predicted molar refractivity (Wildman–Crippen MR) is 59.2 cm³/mol. The van der Waals surface area contributed by atoms with E-state index >= 15 is 0 Å². The Bertz CT molecular complexity index is 233. The Morgan fingerprint density at radius 3 is 2.69 bits per heavy atom. The molecule has 0 unspecified atom stereocenters. The minimum Gasteiger partial charge on any atom is -0.337 e. The highest BCUT2D eigenvalue weighted by molar-refractivity contribution is 9.09. The van der Waals surface area contributed by atoms with E-state index in [2.05, 4.69) is 31.7 Å². The Morgan fingerprint density at radius 1 is 1.31 bits per heavy atom. The predicted octanol–water partition coefficient (Wildman–Crippen LogP) is 3.15. The molecule has 0 aliphatic heterocycles. The maximum atomic E-state index is 4.19. The van der Waals surface area contributed by atoms with Crippen LogP contribution >= 0.6 is 15.9 Å². The van der Waals surface area contributed by atoms with Crippen LogP contribution in [0.1, 0.15) is 31.4 Å². The molecule has 0 spiro atoms. The van der Waals surface area contributed by atoms with Crippen molar-refractivity contribution >= 4 is 15.9 Å². The van der Waals surface area contributed by atoms with Crippen molar-refractivity contribution in [3.8, 4) is 0 Å². The van der Waals surface area contributed by atoms with E-state index in [1.54, 1.807) is 0 Å². The third-order valence-electron chi connectivity index (χ3n) is 2.06. The molecule has 0 saturated heterocycles. The average molecular weight is 245 g/mol. The summed E-state index contributed by atoms with van der Waals surface area (Å²) in [5, 5.41) is 1.14. The number of alkyl halides is 1. The van der Waals surface area contributed by atoms with Crippen molar-refractivity contribution < 1.29 is 0 Å². The van der Waals surface area contributed by atoms with Crippen LogP contribution in [-0.2, 0) is 6.54 Å². The number of hydrogen-bond donors (Lipinski definition) is 0. The molecule has 2 nitrogen and oxygen atoms in total. The second-order valence-electron chi connectivity index (χ2n) is 3.36. The summed E-state index contributed by atoms with van der Waals surface area (Å²) < 4.78 is 2.17. The Balaban J connectivity index is 2.06. The van der Waals surface area contributed by atoms with Gasteiger partial charge in [0.1, 0.15) is 0 Å². The average Bonchev–Trinajstić information content (AvgIpc) is 2.51. The summed E-state index contributed by atoms with van der Waals surface area (Å²) in [7, 11) is 0. The van der Waals surface area contributed by atoms with Gasteiger partial charge in [0, 0.05) is 18.1 Å². The van der Waals surface area contributed by atoms with Crippen LogP contribution < -0.4 is 0 Å². The Labute approximate surface area is 88.5 Å². The molecule has 0 aliphatic rings. The Morgan fingerprint density at radius 2 is 2.08 bits per heavy atom. The molecule has 3 heteroatoms. The van der Waals surface area contributed by atoms with Crippen molar-refractivity contribution in [3.05, 3.63) is 18.2 Å². The molecule has 0 aliphatic carbocycles. The first-order chi connectivity index (χ1) is 6.33. The summed E-state index contributed by atoms with van der Waals surface area (Å²) >= 11 is 3.43. The number of aromatic nitrogens is 2. The first-order valence-corrected chi connectivity index (χ1v) is 5.99. The number of unbranched alkanes of at least 4 members (excludes halogenated alkanes) is 3. The maximum Gasteiger partial charge on any atom is 0.0949 e. The number of hydrogen-bond acceptors (Lipinski definition) is 1. The zero-order chi connectivity index (χ0) is 9.52. The van der Waals surface area contributed by atoms with Gasteiger partial charge in [0.2, 0.25) is 0 Å². The second kappa shape index (κ2) is 6.19. The van der Waals surface area contributed by atoms with Gasteiger partial charge in [0.15, 0.2) is 0 Å². The highest BCUT2D eigenvalue weighted by Crippen LogP contribution is 2.04. The lowest BCUT2D eigenvalue weighted by atomic mass is 10.2. The quantitative estimate of drug-likeness (QED) is 0.556. The molecule has 0 N–H and O–H groups in total. The second-order valence-corrected chi connectivity index (χ2v) is 4.15. The van der Waals surface area contributed by atoms with Crippen LogP contribution in [0.25, 0.3) is 0 Å². The molecule has 0 radical (unpaired) electrons. The molecule has 0 atom stereocenters. The van der Waals surface area contributed by atoms with Crippen LogP contribution in [0.15, 0.2) is 12.5 Å². The van der Waals surface area contributed by atoms with E-state index in [1.807, 2.05) is 13.3 Å². The summed E-state index contributed by atoms with van der Waals surface area (Å²) in [5.41, 5.74) is 1.11. The van der Waals surface area contributed by atoms with E-state index in [1.165, 1.54) is 25.7 Å². The zero-order valence-corrected chi connectivity index (χ0v) is 9.76. The standard InChI is InChI=1S/C10H17BrN2/c1-10-8-13(9-12-10)7-5-3-2-4-6-11/h8-9H,2-7H2,1H3. The topological polar surface area (TPSA) is 17.8 Å². The fraction of sp³-hybridized carbons (Fsp3) is 0.700. The van der Waals surface area contributed by atoms with Crippen molar-refractivity contribution in [2.75, 3.05) is 5.33 Å². The van der Waals surface area contributed by atoms with E-state index < -0.39 is 0 Å². The van der Waals surface area contributed by atoms with Gasteiger partial charge in [-0.25, -0.2) is 4.98 Å². The van der Waals surface area contributed by atoms with Gasteiger partial charge in [-0.3, -0.25) is 0 Å². The summed E-state index contributed by atoms with van der Waals surface area (Å²) in [5.74, 6) is 0. The van der Waals surface area contributed by atoms with Gasteiger partial charge in [0.25, 0.3) is 0 Å². The highest BCUT2D eigenvalue weighted by atomic mass is 79.9. The Hall–Kier alpha value is -0.310. The number of rotatable bonds is 6. The van der Waals surface area contributed by atoms with E-state index in [4.69, 9.17) is 0 Å². The van der Waals surface area contributed by atoms with Crippen molar-refractivity contribution in [2.24, 2.45) is 0 Å². The molecule has 0 amide bonds. The third kappa shape index (κ3) is 4.46. The maximum absolute atomic E-state index is 4.19. The smallest absolute Gasteiger partial charge is 0.0949 e. The van der Waals surface area contributed by atoms with Crippen molar-refractivity contribution in [1.82, 2.24) is 9.55 Å². The number of nitrogens with zero attached hydrogens (tertiary/aromatic N) is 2. The lowest BCUT2D eigenvalue weighted by molar-refractivity contribution is 0.584. The minimum atomic E-state index is 1.11. The molecule has 1 aromatic heterocycles. The van der Waals surface area contributed by atoms with Crippen molar-refractivity contribution in [2.45, 2.75) is 39.2 Å². The van der Waals surface area contributed by atoms with Gasteiger partial charge in [-0.15, -0.1) is 0 Å². The van der Waals surface area contributed by atoms with Gasteiger partial charge in [-0.1, -0.05) is 28.8 Å². The summed E-state index contributed by atoms with van der Waals surface area (Å²) in [6.07, 6.45) is 9.23. The molecular formula is C10H17BrN2. The van der Waals surface area contributed by atoms with E-state index in [0.29, 0.717) is 0 Å². The summed E-state index contributed by atoms with van der Waals surface area (Å²) in [6.45, 7) is 3.14. The largest absolute Gasteiger partial charge is 0.337 e. The van der Waals surface area contributed by atoms with Gasteiger partial charge < -0.3 is 4.57 Å². The van der Waals surface area contributed by atoms with Crippen LogP contribution in [0, 0.1) is 6.92 Å². The molecule has 1 heterocycles. The first-order valence-electron chi connectivity index (χ1n) is 4.87. The highest BCUT2D eigenvalue weighted by Gasteiger charge is 1.93. The van der Waals surface area contributed by atoms with Crippen molar-refractivity contribution in [3.63, 3.8) is 0 Å². The molecule has 0 fully saturated rings. The molecule has 0 bridgehead atoms. The Kier molecular flexibility index (Phi) is 5.13. The molecule has 0 saturated carbocycles. The van der Waals surface area contributed by atoms with Gasteiger partial charge in [-0.05, 0) is 19.8 Å². The first kappa shape index (κ1) is 10.8. The molecule has 13 heavy (non-hydrogen) atoms. The van der Waals surface area contributed by atoms with E-state index in [-0.39, 0.29) is 0 Å². The lowest BCUT2D eigenvalue weighted by Crippen LogP contribution is -1.94. The molecule has 1 rings (SSSR count). The van der Waals surface area contributed by atoms with E-state index in [0.717, 1.165) is 17.6 Å². The van der Waals surface area contributed by atoms with E-state index in [9.17, 15) is 0 Å². The molecule has 74 valence electrons.